The molecular weight excluding hydrogens is 327 g/mol. The lowest BCUT2D eigenvalue weighted by Crippen LogP contribution is -2.26. The fraction of sp³-hybridized carbons (Fsp3) is 0.222. The van der Waals surface area contributed by atoms with Crippen molar-refractivity contribution in [3.05, 3.63) is 53.8 Å². The average Bonchev–Trinajstić information content (AvgIpc) is 2.63. The summed E-state index contributed by atoms with van der Waals surface area (Å²) in [5.74, 6) is 0.0186. The number of nitrogens with zero attached hydrogens (tertiary/aromatic N) is 1. The smallest absolute Gasteiger partial charge is 0.268 e. The van der Waals surface area contributed by atoms with Crippen LogP contribution in [-0.4, -0.2) is 32.4 Å². The molecule has 132 valence electrons. The van der Waals surface area contributed by atoms with Gasteiger partial charge in [-0.2, -0.15) is 0 Å². The first-order valence-corrected chi connectivity index (χ1v) is 7.52. The number of benzene rings is 2. The number of oxime groups is 1. The number of methoxy groups -OCH3 is 2. The van der Waals surface area contributed by atoms with Crippen molar-refractivity contribution in [2.45, 2.75) is 13.0 Å². The van der Waals surface area contributed by atoms with Gasteiger partial charge >= 0.3 is 0 Å². The summed E-state index contributed by atoms with van der Waals surface area (Å²) in [6.07, 6.45) is 0.501. The maximum absolute atomic E-state index is 13.5. The molecule has 6 nitrogen and oxygen atoms in total. The van der Waals surface area contributed by atoms with E-state index in [-0.39, 0.29) is 5.69 Å². The molecule has 0 unspecified atom stereocenters. The molecule has 0 spiro atoms. The third-order valence-corrected chi connectivity index (χ3v) is 3.35. The second kappa shape index (κ2) is 8.68. The Labute approximate surface area is 145 Å². The van der Waals surface area contributed by atoms with Crippen molar-refractivity contribution in [3.63, 3.8) is 0 Å². The summed E-state index contributed by atoms with van der Waals surface area (Å²) in [5.41, 5.74) is 0.713. The third-order valence-electron chi connectivity index (χ3n) is 3.35. The zero-order valence-electron chi connectivity index (χ0n) is 14.2. The Kier molecular flexibility index (Phi) is 6.33. The van der Waals surface area contributed by atoms with Crippen molar-refractivity contribution in [1.82, 2.24) is 0 Å². The van der Waals surface area contributed by atoms with Gasteiger partial charge < -0.3 is 19.6 Å². The summed E-state index contributed by atoms with van der Waals surface area (Å²) in [4.78, 5) is 17.1. The van der Waals surface area contributed by atoms with Crippen molar-refractivity contribution < 1.29 is 23.5 Å². The molecule has 0 saturated heterocycles. The Bertz CT molecular complexity index is 764. The fourth-order valence-electron chi connectivity index (χ4n) is 2.04. The van der Waals surface area contributed by atoms with Crippen LogP contribution in [0.1, 0.15) is 12.5 Å². The van der Waals surface area contributed by atoms with Gasteiger partial charge in [0.25, 0.3) is 5.91 Å². The first kappa shape index (κ1) is 18.3. The number of anilines is 1. The van der Waals surface area contributed by atoms with E-state index in [1.54, 1.807) is 24.3 Å². The maximum atomic E-state index is 13.5. The molecule has 1 amide bonds. The molecule has 0 bridgehead atoms. The molecule has 7 heteroatoms. The Balaban J connectivity index is 2.00. The van der Waals surface area contributed by atoms with Crippen molar-refractivity contribution in [1.29, 1.82) is 0 Å². The lowest BCUT2D eigenvalue weighted by atomic mass is 10.2. The summed E-state index contributed by atoms with van der Waals surface area (Å²) >= 11 is 0. The molecule has 0 heterocycles. The summed E-state index contributed by atoms with van der Waals surface area (Å²) in [5, 5.41) is 6.24. The number of nitrogens with one attached hydrogen (secondary N) is 1. The van der Waals surface area contributed by atoms with Crippen LogP contribution in [-0.2, 0) is 9.63 Å². The normalized spacial score (nSPS) is 11.8. The molecule has 1 N–H and O–H groups in total. The molecule has 0 fully saturated rings. The van der Waals surface area contributed by atoms with Gasteiger partial charge in [-0.25, -0.2) is 4.39 Å². The molecule has 2 rings (SSSR count). The molecule has 0 radical (unpaired) electrons. The highest BCUT2D eigenvalue weighted by Crippen LogP contribution is 2.29. The lowest BCUT2D eigenvalue weighted by Gasteiger charge is -2.12. The number of para-hydroxylation sites is 2. The van der Waals surface area contributed by atoms with Gasteiger partial charge in [-0.15, -0.1) is 0 Å². The first-order valence-electron chi connectivity index (χ1n) is 7.52. The zero-order valence-corrected chi connectivity index (χ0v) is 14.2. The minimum absolute atomic E-state index is 0.0846. The van der Waals surface area contributed by atoms with Gasteiger partial charge in [0, 0.05) is 5.56 Å². The highest BCUT2D eigenvalue weighted by Gasteiger charge is 2.16. The molecule has 0 aromatic heterocycles. The van der Waals surface area contributed by atoms with E-state index in [0.717, 1.165) is 0 Å². The van der Waals surface area contributed by atoms with Crippen LogP contribution in [0.15, 0.2) is 47.6 Å². The maximum Gasteiger partial charge on any atom is 0.268 e. The molecule has 2 aromatic carbocycles. The minimum Gasteiger partial charge on any atom is -0.493 e. The van der Waals surface area contributed by atoms with Gasteiger partial charge in [0.15, 0.2) is 11.5 Å². The topological polar surface area (TPSA) is 69.2 Å². The number of hydrogen-bond donors (Lipinski definition) is 1. The molecule has 1 atom stereocenters. The molecule has 2 aromatic rings. The predicted octanol–water partition coefficient (Wildman–Crippen LogP) is 3.22. The second-order valence-corrected chi connectivity index (χ2v) is 5.03. The number of carbonyl (C=O) groups is 1. The van der Waals surface area contributed by atoms with E-state index in [4.69, 9.17) is 14.3 Å². The molecule has 0 aliphatic carbocycles. The van der Waals surface area contributed by atoms with Crippen LogP contribution in [0.25, 0.3) is 0 Å². The van der Waals surface area contributed by atoms with Crippen LogP contribution in [0, 0.1) is 5.82 Å². The predicted molar refractivity (Wildman–Crippen MR) is 92.7 cm³/mol. The largest absolute Gasteiger partial charge is 0.493 e. The van der Waals surface area contributed by atoms with Crippen LogP contribution in [0.5, 0.6) is 11.5 Å². The SMILES string of the molecule is COc1cccc(/C=N\O[C@@H](C)C(=O)Nc2ccccc2F)c1OC. The van der Waals surface area contributed by atoms with Gasteiger partial charge in [0.1, 0.15) is 5.82 Å². The highest BCUT2D eigenvalue weighted by atomic mass is 19.1. The van der Waals surface area contributed by atoms with Crippen molar-refractivity contribution in [2.24, 2.45) is 5.16 Å². The van der Waals surface area contributed by atoms with E-state index in [1.807, 2.05) is 0 Å². The summed E-state index contributed by atoms with van der Waals surface area (Å²) in [7, 11) is 3.05. The minimum atomic E-state index is -0.910. The summed E-state index contributed by atoms with van der Waals surface area (Å²) in [6, 6.07) is 11.2. The summed E-state index contributed by atoms with van der Waals surface area (Å²) in [6.45, 7) is 1.51. The van der Waals surface area contributed by atoms with E-state index >= 15 is 0 Å². The monoisotopic (exact) mass is 346 g/mol. The van der Waals surface area contributed by atoms with Crippen LogP contribution in [0.2, 0.25) is 0 Å². The van der Waals surface area contributed by atoms with Crippen molar-refractivity contribution in [3.8, 4) is 11.5 Å². The fourth-order valence-corrected chi connectivity index (χ4v) is 2.04. The molecular formula is C18H19FN2O4. The van der Waals surface area contributed by atoms with E-state index in [1.165, 1.54) is 45.6 Å². The third kappa shape index (κ3) is 4.69. The Hall–Kier alpha value is -3.09. The molecule has 25 heavy (non-hydrogen) atoms. The van der Waals surface area contributed by atoms with Crippen LogP contribution in [0.4, 0.5) is 10.1 Å². The van der Waals surface area contributed by atoms with Crippen LogP contribution < -0.4 is 14.8 Å². The average molecular weight is 346 g/mol. The van der Waals surface area contributed by atoms with Gasteiger partial charge in [0.05, 0.1) is 26.1 Å². The van der Waals surface area contributed by atoms with Crippen LogP contribution >= 0.6 is 0 Å². The van der Waals surface area contributed by atoms with Gasteiger partial charge in [-0.05, 0) is 31.2 Å². The van der Waals surface area contributed by atoms with Crippen molar-refractivity contribution in [2.75, 3.05) is 19.5 Å². The number of carbonyl (C=O) groups excluding carboxylic acids is 1. The zero-order chi connectivity index (χ0) is 18.2. The highest BCUT2D eigenvalue weighted by molar-refractivity contribution is 5.94. The number of ether oxygens (including phenoxy) is 2. The second-order valence-electron chi connectivity index (χ2n) is 5.03. The van der Waals surface area contributed by atoms with Crippen LogP contribution in [0.3, 0.4) is 0 Å². The van der Waals surface area contributed by atoms with E-state index in [0.29, 0.717) is 17.1 Å². The lowest BCUT2D eigenvalue weighted by molar-refractivity contribution is -0.126. The Morgan fingerprint density at radius 3 is 2.60 bits per heavy atom. The van der Waals surface area contributed by atoms with Gasteiger partial charge in [-0.3, -0.25) is 4.79 Å². The molecule has 0 aliphatic heterocycles. The number of rotatable bonds is 7. The van der Waals surface area contributed by atoms with Gasteiger partial charge in [0.2, 0.25) is 6.10 Å². The van der Waals surface area contributed by atoms with Crippen molar-refractivity contribution >= 4 is 17.8 Å². The quantitative estimate of drug-likeness (QED) is 0.617. The Morgan fingerprint density at radius 1 is 1.16 bits per heavy atom. The number of halogens is 1. The van der Waals surface area contributed by atoms with E-state index < -0.39 is 17.8 Å². The Morgan fingerprint density at radius 2 is 1.92 bits per heavy atom. The van der Waals surface area contributed by atoms with Gasteiger partial charge in [-0.1, -0.05) is 23.4 Å². The number of amides is 1. The number of hydrogen-bond acceptors (Lipinski definition) is 5. The first-order chi connectivity index (χ1) is 12.1. The summed E-state index contributed by atoms with van der Waals surface area (Å²) < 4.78 is 24.0. The molecule has 0 aliphatic rings. The standard InChI is InChI=1S/C18H19FN2O4/c1-12(18(22)21-15-9-5-4-8-14(15)19)25-20-11-13-7-6-10-16(23-2)17(13)24-3/h4-12H,1-3H3,(H,21,22)/b20-11-/t12-/m0/s1. The molecule has 0 saturated carbocycles. The van der Waals surface area contributed by atoms with E-state index in [2.05, 4.69) is 10.5 Å². The van der Waals surface area contributed by atoms with E-state index in [9.17, 15) is 9.18 Å².